The fourth-order valence-corrected chi connectivity index (χ4v) is 5.44. The number of fused-ring (bicyclic) bond motifs is 1. The predicted molar refractivity (Wildman–Crippen MR) is 117 cm³/mol. The van der Waals surface area contributed by atoms with Crippen LogP contribution in [0.15, 0.2) is 42.5 Å². The number of nitrogens with zero attached hydrogens (tertiary/aromatic N) is 1. The van der Waals surface area contributed by atoms with Gasteiger partial charge in [0.05, 0.1) is 22.7 Å². The molecule has 2 N–H and O–H groups in total. The maximum atomic E-state index is 13.9. The summed E-state index contributed by atoms with van der Waals surface area (Å²) in [4.78, 5) is 31.4. The molecular formula is C25H26FN3O2. The number of carbonyl (C=O) groups excluding carboxylic acids is 2. The van der Waals surface area contributed by atoms with Gasteiger partial charge in [0.1, 0.15) is 5.82 Å². The van der Waals surface area contributed by atoms with E-state index < -0.39 is 5.54 Å². The maximum Gasteiger partial charge on any atom is 0.256 e. The minimum Gasteiger partial charge on any atom is -0.358 e. The Kier molecular flexibility index (Phi) is 4.61. The predicted octanol–water partition coefficient (Wildman–Crippen LogP) is 4.55. The van der Waals surface area contributed by atoms with E-state index in [-0.39, 0.29) is 23.7 Å². The highest BCUT2D eigenvalue weighted by Gasteiger charge is 2.51. The molecule has 0 saturated carbocycles. The topological polar surface area (TPSA) is 65.2 Å². The number of benzene rings is 2. The van der Waals surface area contributed by atoms with Crippen molar-refractivity contribution in [1.29, 1.82) is 0 Å². The highest BCUT2D eigenvalue weighted by molar-refractivity contribution is 6.07. The van der Waals surface area contributed by atoms with Crippen LogP contribution < -0.4 is 5.32 Å². The number of halogens is 1. The third-order valence-corrected chi connectivity index (χ3v) is 7.06. The van der Waals surface area contributed by atoms with Gasteiger partial charge < -0.3 is 15.2 Å². The summed E-state index contributed by atoms with van der Waals surface area (Å²) in [6.07, 6.45) is 2.73. The van der Waals surface area contributed by atoms with Crippen molar-refractivity contribution in [3.05, 3.63) is 70.7 Å². The van der Waals surface area contributed by atoms with Gasteiger partial charge >= 0.3 is 0 Å². The summed E-state index contributed by atoms with van der Waals surface area (Å²) in [5.74, 6) is -0.371. The first kappa shape index (κ1) is 19.8. The average molecular weight is 420 g/mol. The number of nitrogens with one attached hydrogen (secondary N) is 2. The van der Waals surface area contributed by atoms with E-state index in [1.807, 2.05) is 36.9 Å². The number of likely N-dealkylation sites (tertiary alicyclic amines) is 1. The first-order valence-corrected chi connectivity index (χ1v) is 10.8. The molecule has 2 aliphatic rings. The molecule has 160 valence electrons. The Morgan fingerprint density at radius 2 is 1.90 bits per heavy atom. The van der Waals surface area contributed by atoms with Crippen molar-refractivity contribution in [1.82, 2.24) is 15.2 Å². The second-order valence-electron chi connectivity index (χ2n) is 8.86. The third-order valence-electron chi connectivity index (χ3n) is 7.06. The lowest BCUT2D eigenvalue weighted by atomic mass is 9.76. The molecule has 3 aromatic rings. The molecule has 0 radical (unpaired) electrons. The van der Waals surface area contributed by atoms with Gasteiger partial charge in [-0.3, -0.25) is 9.59 Å². The Morgan fingerprint density at radius 3 is 2.61 bits per heavy atom. The number of rotatable bonds is 2. The lowest BCUT2D eigenvalue weighted by Crippen LogP contribution is -2.58. The molecule has 3 heterocycles. The molecule has 0 unspecified atom stereocenters. The number of amides is 2. The van der Waals surface area contributed by atoms with E-state index in [9.17, 15) is 14.0 Å². The molecule has 5 rings (SSSR count). The average Bonchev–Trinajstić information content (AvgIpc) is 3.27. The first-order valence-electron chi connectivity index (χ1n) is 10.8. The molecule has 2 atom stereocenters. The van der Waals surface area contributed by atoms with Gasteiger partial charge in [-0.2, -0.15) is 0 Å². The summed E-state index contributed by atoms with van der Waals surface area (Å²) in [7, 11) is 0. The summed E-state index contributed by atoms with van der Waals surface area (Å²) in [5.41, 5.74) is 3.99. The minimum atomic E-state index is -0.516. The van der Waals surface area contributed by atoms with Crippen LogP contribution in [0, 0.1) is 19.7 Å². The molecule has 2 aromatic carbocycles. The lowest BCUT2D eigenvalue weighted by Gasteiger charge is -2.48. The normalized spacial score (nSPS) is 23.5. The third kappa shape index (κ3) is 3.12. The molecule has 2 saturated heterocycles. The van der Waals surface area contributed by atoms with E-state index in [4.69, 9.17) is 0 Å². The van der Waals surface area contributed by atoms with Crippen LogP contribution in [0.25, 0.3) is 10.9 Å². The zero-order chi connectivity index (χ0) is 21.8. The van der Waals surface area contributed by atoms with Crippen LogP contribution in [0.3, 0.4) is 0 Å². The number of carbonyl (C=O) groups is 2. The molecular weight excluding hydrogens is 393 g/mol. The fraction of sp³-hybridized carbons (Fsp3) is 0.360. The summed E-state index contributed by atoms with van der Waals surface area (Å²) in [5, 5.41) is 4.23. The lowest BCUT2D eigenvalue weighted by molar-refractivity contribution is -0.120. The van der Waals surface area contributed by atoms with Crippen LogP contribution in [0.4, 0.5) is 4.39 Å². The van der Waals surface area contributed by atoms with E-state index in [0.717, 1.165) is 40.6 Å². The minimum absolute atomic E-state index is 0.0131. The smallest absolute Gasteiger partial charge is 0.256 e. The Labute approximate surface area is 180 Å². The maximum absolute atomic E-state index is 13.9. The zero-order valence-electron chi connectivity index (χ0n) is 17.8. The second-order valence-corrected chi connectivity index (χ2v) is 8.86. The van der Waals surface area contributed by atoms with Gasteiger partial charge in [-0.15, -0.1) is 0 Å². The van der Waals surface area contributed by atoms with Gasteiger partial charge in [-0.05, 0) is 62.4 Å². The van der Waals surface area contributed by atoms with E-state index >= 15 is 0 Å². The van der Waals surface area contributed by atoms with Crippen molar-refractivity contribution < 1.29 is 14.0 Å². The van der Waals surface area contributed by atoms with Crippen LogP contribution in [0.5, 0.6) is 0 Å². The van der Waals surface area contributed by atoms with Gasteiger partial charge in [0.2, 0.25) is 5.91 Å². The van der Waals surface area contributed by atoms with Crippen LogP contribution in [0.2, 0.25) is 0 Å². The highest BCUT2D eigenvalue weighted by Crippen LogP contribution is 2.45. The largest absolute Gasteiger partial charge is 0.358 e. The number of H-pyrrole nitrogens is 1. The number of hydrogen-bond donors (Lipinski definition) is 2. The highest BCUT2D eigenvalue weighted by atomic mass is 19.1. The SMILES string of the molecule is Cc1[nH]c2c(C(=O)N3CCC[C@]4(CCC(=O)N4)[C@H]3c3ccc(F)cc3)cccc2c1C. The molecule has 2 fully saturated rings. The van der Waals surface area contributed by atoms with Gasteiger partial charge in [-0.1, -0.05) is 24.3 Å². The van der Waals surface area contributed by atoms with E-state index in [2.05, 4.69) is 10.3 Å². The Hall–Kier alpha value is -3.15. The van der Waals surface area contributed by atoms with E-state index in [1.165, 1.54) is 12.1 Å². The van der Waals surface area contributed by atoms with Crippen molar-refractivity contribution in [2.75, 3.05) is 6.54 Å². The van der Waals surface area contributed by atoms with Gasteiger partial charge in [0, 0.05) is 24.0 Å². The second kappa shape index (κ2) is 7.22. The van der Waals surface area contributed by atoms with Crippen molar-refractivity contribution in [2.45, 2.75) is 51.1 Å². The number of piperidine rings is 1. The number of aromatic nitrogens is 1. The number of para-hydroxylation sites is 1. The molecule has 0 bridgehead atoms. The van der Waals surface area contributed by atoms with Gasteiger partial charge in [-0.25, -0.2) is 4.39 Å². The molecule has 6 heteroatoms. The molecule has 1 spiro atoms. The number of aromatic amines is 1. The van der Waals surface area contributed by atoms with Crippen molar-refractivity contribution >= 4 is 22.7 Å². The van der Waals surface area contributed by atoms with E-state index in [1.54, 1.807) is 12.1 Å². The summed E-state index contributed by atoms with van der Waals surface area (Å²) >= 11 is 0. The number of hydrogen-bond acceptors (Lipinski definition) is 2. The van der Waals surface area contributed by atoms with Crippen LogP contribution in [0.1, 0.15) is 58.9 Å². The molecule has 5 nitrogen and oxygen atoms in total. The first-order chi connectivity index (χ1) is 14.9. The zero-order valence-corrected chi connectivity index (χ0v) is 17.8. The molecule has 2 amide bonds. The van der Waals surface area contributed by atoms with E-state index in [0.29, 0.717) is 24.9 Å². The Bertz CT molecular complexity index is 1180. The molecule has 31 heavy (non-hydrogen) atoms. The van der Waals surface area contributed by atoms with Crippen LogP contribution in [-0.2, 0) is 4.79 Å². The summed E-state index contributed by atoms with van der Waals surface area (Å²) in [6.45, 7) is 4.65. The fourth-order valence-electron chi connectivity index (χ4n) is 5.44. The van der Waals surface area contributed by atoms with Crippen LogP contribution >= 0.6 is 0 Å². The standard InChI is InChI=1S/C25H26FN3O2/c1-15-16(2)27-22-19(15)5-3-6-20(22)24(31)29-14-4-12-25(13-11-21(30)28-25)23(29)17-7-9-18(26)10-8-17/h3,5-10,23,27H,4,11-14H2,1-2H3,(H,28,30)/t23-,25+/m1/s1. The van der Waals surface area contributed by atoms with Gasteiger partial charge in [0.25, 0.3) is 5.91 Å². The monoisotopic (exact) mass is 419 g/mol. The van der Waals surface area contributed by atoms with Crippen molar-refractivity contribution in [3.8, 4) is 0 Å². The van der Waals surface area contributed by atoms with Crippen molar-refractivity contribution in [3.63, 3.8) is 0 Å². The summed E-state index contributed by atoms with van der Waals surface area (Å²) in [6, 6.07) is 11.8. The Balaban J connectivity index is 1.63. The Morgan fingerprint density at radius 1 is 1.13 bits per heavy atom. The molecule has 1 aromatic heterocycles. The summed E-state index contributed by atoms with van der Waals surface area (Å²) < 4.78 is 13.7. The molecule has 0 aliphatic carbocycles. The number of aryl methyl sites for hydroxylation is 2. The van der Waals surface area contributed by atoms with Crippen LogP contribution in [-0.4, -0.2) is 33.8 Å². The van der Waals surface area contributed by atoms with Gasteiger partial charge in [0.15, 0.2) is 0 Å². The quantitative estimate of drug-likeness (QED) is 0.640. The molecule has 2 aliphatic heterocycles. The van der Waals surface area contributed by atoms with Crippen molar-refractivity contribution in [2.24, 2.45) is 0 Å².